The lowest BCUT2D eigenvalue weighted by molar-refractivity contribution is -0.143. The van der Waals surface area contributed by atoms with Crippen molar-refractivity contribution in [2.45, 2.75) is 25.8 Å². The van der Waals surface area contributed by atoms with Crippen molar-refractivity contribution in [1.29, 1.82) is 0 Å². The third kappa shape index (κ3) is 4.90. The molecule has 0 aromatic rings. The summed E-state index contributed by atoms with van der Waals surface area (Å²) in [6.45, 7) is 2.66. The van der Waals surface area contributed by atoms with Gasteiger partial charge in [-0.2, -0.15) is 4.72 Å². The number of carboxylic acid groups (broad SMARTS) is 1. The van der Waals surface area contributed by atoms with Crippen molar-refractivity contribution in [3.8, 4) is 0 Å². The van der Waals surface area contributed by atoms with Crippen LogP contribution in [0, 0.1) is 0 Å². The minimum absolute atomic E-state index is 0.00528. The predicted octanol–water partition coefficient (Wildman–Crippen LogP) is -0.839. The van der Waals surface area contributed by atoms with E-state index in [1.165, 1.54) is 13.8 Å². The van der Waals surface area contributed by atoms with E-state index in [0.717, 1.165) is 6.26 Å². The van der Waals surface area contributed by atoms with Crippen molar-refractivity contribution in [2.75, 3.05) is 11.3 Å². The highest BCUT2D eigenvalue weighted by Crippen LogP contribution is 2.11. The van der Waals surface area contributed by atoms with Gasteiger partial charge >= 0.3 is 5.97 Å². The van der Waals surface area contributed by atoms with E-state index in [1.54, 1.807) is 0 Å². The summed E-state index contributed by atoms with van der Waals surface area (Å²) in [6, 6.07) is 0. The van der Waals surface area contributed by atoms with E-state index in [2.05, 4.69) is 0 Å². The SMILES string of the molecule is CCC(C)(NS(=O)(=O)CS(C)(=O)=O)C(=O)O. The smallest absolute Gasteiger partial charge is 0.324 e. The molecule has 0 spiro atoms. The predicted molar refractivity (Wildman–Crippen MR) is 58.1 cm³/mol. The van der Waals surface area contributed by atoms with Crippen LogP contribution in [0.25, 0.3) is 0 Å². The molecule has 0 aromatic carbocycles. The van der Waals surface area contributed by atoms with Crippen LogP contribution in [0.3, 0.4) is 0 Å². The van der Waals surface area contributed by atoms with Crippen LogP contribution in [0.2, 0.25) is 0 Å². The van der Waals surface area contributed by atoms with Gasteiger partial charge in [0.15, 0.2) is 14.9 Å². The zero-order chi connectivity index (χ0) is 13.2. The monoisotopic (exact) mass is 273 g/mol. The lowest BCUT2D eigenvalue weighted by atomic mass is 10.0. The van der Waals surface area contributed by atoms with Gasteiger partial charge in [0.2, 0.25) is 10.0 Å². The summed E-state index contributed by atoms with van der Waals surface area (Å²) in [7, 11) is -7.90. The third-order valence-electron chi connectivity index (χ3n) is 1.93. The molecule has 2 N–H and O–H groups in total. The van der Waals surface area contributed by atoms with Crippen molar-refractivity contribution in [2.24, 2.45) is 0 Å². The zero-order valence-corrected chi connectivity index (χ0v) is 10.9. The van der Waals surface area contributed by atoms with Crippen LogP contribution < -0.4 is 4.72 Å². The molecule has 0 rings (SSSR count). The minimum atomic E-state index is -4.17. The van der Waals surface area contributed by atoms with Crippen LogP contribution in [0.15, 0.2) is 0 Å². The maximum absolute atomic E-state index is 11.4. The van der Waals surface area contributed by atoms with Gasteiger partial charge < -0.3 is 5.11 Å². The number of carboxylic acids is 1. The quantitative estimate of drug-likeness (QED) is 0.651. The number of aliphatic carboxylic acids is 1. The number of nitrogens with one attached hydrogen (secondary N) is 1. The highest BCUT2D eigenvalue weighted by Gasteiger charge is 2.36. The van der Waals surface area contributed by atoms with Crippen molar-refractivity contribution in [1.82, 2.24) is 4.72 Å². The number of carbonyl (C=O) groups is 1. The van der Waals surface area contributed by atoms with Gasteiger partial charge in [0.05, 0.1) is 0 Å². The summed E-state index contributed by atoms with van der Waals surface area (Å²) in [5, 5.41) is 7.70. The normalized spacial score (nSPS) is 16.7. The van der Waals surface area contributed by atoms with Crippen LogP contribution in [0.5, 0.6) is 0 Å². The second-order valence-corrected chi connectivity index (χ2v) is 7.98. The average Bonchev–Trinajstić information content (AvgIpc) is 1.97. The van der Waals surface area contributed by atoms with E-state index in [9.17, 15) is 21.6 Å². The van der Waals surface area contributed by atoms with Gasteiger partial charge in [-0.05, 0) is 13.3 Å². The van der Waals surface area contributed by atoms with Gasteiger partial charge in [-0.3, -0.25) is 4.79 Å². The lowest BCUT2D eigenvalue weighted by Gasteiger charge is -2.23. The summed E-state index contributed by atoms with van der Waals surface area (Å²) in [4.78, 5) is 10.8. The van der Waals surface area contributed by atoms with E-state index in [1.807, 2.05) is 4.72 Å². The molecule has 0 aliphatic rings. The minimum Gasteiger partial charge on any atom is -0.480 e. The Hall–Kier alpha value is -0.670. The van der Waals surface area contributed by atoms with Crippen molar-refractivity contribution < 1.29 is 26.7 Å². The fourth-order valence-electron chi connectivity index (χ4n) is 0.922. The van der Waals surface area contributed by atoms with Crippen LogP contribution in [0.4, 0.5) is 0 Å². The first-order valence-electron chi connectivity index (χ1n) is 4.34. The topological polar surface area (TPSA) is 118 Å². The molecule has 0 aromatic heterocycles. The zero-order valence-electron chi connectivity index (χ0n) is 9.22. The molecule has 0 heterocycles. The molecule has 9 heteroatoms. The average molecular weight is 273 g/mol. The highest BCUT2D eigenvalue weighted by atomic mass is 32.3. The maximum atomic E-state index is 11.4. The fraction of sp³-hybridized carbons (Fsp3) is 0.857. The molecule has 0 bridgehead atoms. The Morgan fingerprint density at radius 3 is 2.00 bits per heavy atom. The van der Waals surface area contributed by atoms with E-state index in [0.29, 0.717) is 0 Å². The molecule has 0 radical (unpaired) electrons. The van der Waals surface area contributed by atoms with Crippen LogP contribution in [-0.4, -0.2) is 44.8 Å². The van der Waals surface area contributed by atoms with E-state index in [-0.39, 0.29) is 6.42 Å². The third-order valence-corrected chi connectivity index (χ3v) is 5.64. The van der Waals surface area contributed by atoms with E-state index >= 15 is 0 Å². The van der Waals surface area contributed by atoms with Gasteiger partial charge in [0, 0.05) is 6.26 Å². The number of sulfonamides is 1. The first kappa shape index (κ1) is 15.3. The van der Waals surface area contributed by atoms with Gasteiger partial charge in [-0.15, -0.1) is 0 Å². The molecule has 0 aliphatic heterocycles. The standard InChI is InChI=1S/C7H15NO6S2/c1-4-7(2,6(9)10)8-16(13,14)5-15(3,11)12/h8H,4-5H2,1-3H3,(H,9,10). The number of sulfone groups is 1. The summed E-state index contributed by atoms with van der Waals surface area (Å²) in [5.74, 6) is -1.35. The molecule has 0 saturated carbocycles. The molecular weight excluding hydrogens is 258 g/mol. The Morgan fingerprint density at radius 2 is 1.75 bits per heavy atom. The molecule has 7 nitrogen and oxygen atoms in total. The lowest BCUT2D eigenvalue weighted by Crippen LogP contribution is -2.52. The van der Waals surface area contributed by atoms with E-state index < -0.39 is 36.5 Å². The van der Waals surface area contributed by atoms with Crippen molar-refractivity contribution in [3.05, 3.63) is 0 Å². The Bertz CT molecular complexity index is 465. The summed E-state index contributed by atoms with van der Waals surface area (Å²) in [6.07, 6.45) is 0.765. The molecule has 96 valence electrons. The summed E-state index contributed by atoms with van der Waals surface area (Å²) < 4.78 is 46.3. The van der Waals surface area contributed by atoms with Crippen LogP contribution in [-0.2, 0) is 24.7 Å². The molecule has 1 atom stereocenters. The van der Waals surface area contributed by atoms with Gasteiger partial charge in [-0.25, -0.2) is 16.8 Å². The molecule has 1 unspecified atom stereocenters. The molecule has 0 saturated heterocycles. The summed E-state index contributed by atoms with van der Waals surface area (Å²) >= 11 is 0. The molecule has 0 fully saturated rings. The Labute approximate surface area is 94.8 Å². The Balaban J connectivity index is 5.05. The van der Waals surface area contributed by atoms with Crippen molar-refractivity contribution in [3.63, 3.8) is 0 Å². The number of hydrogen-bond acceptors (Lipinski definition) is 5. The fourth-order valence-corrected chi connectivity index (χ4v) is 4.33. The Kier molecular flexibility index (Phi) is 4.48. The second-order valence-electron chi connectivity index (χ2n) is 3.75. The number of hydrogen-bond donors (Lipinski definition) is 2. The molecular formula is C7H15NO6S2. The molecule has 0 amide bonds. The first-order valence-corrected chi connectivity index (χ1v) is 8.06. The largest absolute Gasteiger partial charge is 0.480 e. The van der Waals surface area contributed by atoms with Gasteiger partial charge in [-0.1, -0.05) is 6.92 Å². The van der Waals surface area contributed by atoms with Crippen LogP contribution >= 0.6 is 0 Å². The maximum Gasteiger partial charge on any atom is 0.324 e. The first-order chi connectivity index (χ1) is 6.92. The number of rotatable bonds is 6. The summed E-state index contributed by atoms with van der Waals surface area (Å²) in [5.41, 5.74) is -1.69. The molecule has 16 heavy (non-hydrogen) atoms. The Morgan fingerprint density at radius 1 is 1.31 bits per heavy atom. The van der Waals surface area contributed by atoms with E-state index in [4.69, 9.17) is 5.11 Å². The van der Waals surface area contributed by atoms with Gasteiger partial charge in [0.1, 0.15) is 5.54 Å². The highest BCUT2D eigenvalue weighted by molar-refractivity contribution is 8.06. The second kappa shape index (κ2) is 4.68. The van der Waals surface area contributed by atoms with Gasteiger partial charge in [0.25, 0.3) is 0 Å². The molecule has 0 aliphatic carbocycles. The van der Waals surface area contributed by atoms with Crippen molar-refractivity contribution >= 4 is 25.8 Å². The van der Waals surface area contributed by atoms with Crippen LogP contribution in [0.1, 0.15) is 20.3 Å².